The van der Waals surface area contributed by atoms with Crippen molar-refractivity contribution in [1.29, 1.82) is 0 Å². The zero-order valence-electron chi connectivity index (χ0n) is 18.6. The van der Waals surface area contributed by atoms with E-state index in [-0.39, 0.29) is 12.5 Å². The van der Waals surface area contributed by atoms with Crippen LogP contribution >= 0.6 is 0 Å². The number of nitrogens with one attached hydrogen (secondary N) is 3. The first kappa shape index (κ1) is 25.5. The number of hydrogen-bond acceptors (Lipinski definition) is 6. The van der Waals surface area contributed by atoms with Crippen molar-refractivity contribution in [2.45, 2.75) is 32.4 Å². The van der Waals surface area contributed by atoms with E-state index in [4.69, 9.17) is 16.7 Å². The molecule has 33 heavy (non-hydrogen) atoms. The summed E-state index contributed by atoms with van der Waals surface area (Å²) in [6, 6.07) is 12.0. The van der Waals surface area contributed by atoms with Gasteiger partial charge in [-0.05, 0) is 60.9 Å². The van der Waals surface area contributed by atoms with Gasteiger partial charge in [0.25, 0.3) is 11.8 Å². The number of carbonyl (C=O) groups is 3. The minimum absolute atomic E-state index is 0.158. The number of amides is 3. The number of carbonyl (C=O) groups excluding carboxylic acids is 3. The molecule has 2 aromatic carbocycles. The van der Waals surface area contributed by atoms with Crippen LogP contribution in [0.25, 0.3) is 0 Å². The molecule has 9 heteroatoms. The second-order valence-electron chi connectivity index (χ2n) is 7.87. The third kappa shape index (κ3) is 8.05. The minimum Gasteiger partial charge on any atom is -0.339 e. The lowest BCUT2D eigenvalue weighted by Crippen LogP contribution is -2.50. The Bertz CT molecular complexity index is 1020. The van der Waals surface area contributed by atoms with E-state index < -0.39 is 23.9 Å². The van der Waals surface area contributed by atoms with Crippen LogP contribution in [0.4, 0.5) is 5.69 Å². The fourth-order valence-electron chi connectivity index (χ4n) is 2.89. The molecule has 0 spiro atoms. The van der Waals surface area contributed by atoms with E-state index in [2.05, 4.69) is 22.5 Å². The normalized spacial score (nSPS) is 12.2. The monoisotopic (exact) mass is 451 g/mol. The predicted molar refractivity (Wildman–Crippen MR) is 125 cm³/mol. The Hall–Kier alpha value is -3.71. The Morgan fingerprint density at radius 1 is 0.939 bits per heavy atom. The molecule has 3 amide bonds. The van der Waals surface area contributed by atoms with Gasteiger partial charge in [0, 0.05) is 28.9 Å². The van der Waals surface area contributed by atoms with E-state index in [0.717, 1.165) is 5.56 Å². The van der Waals surface area contributed by atoms with E-state index in [1.807, 2.05) is 13.8 Å². The van der Waals surface area contributed by atoms with Crippen molar-refractivity contribution in [2.75, 3.05) is 11.9 Å². The first-order valence-electron chi connectivity index (χ1n) is 10.5. The first-order chi connectivity index (χ1) is 15.7. The molecule has 0 aromatic heterocycles. The zero-order chi connectivity index (χ0) is 24.4. The van der Waals surface area contributed by atoms with Gasteiger partial charge >= 0.3 is 0 Å². The highest BCUT2D eigenvalue weighted by atomic mass is 16.5. The second kappa shape index (κ2) is 12.4. The van der Waals surface area contributed by atoms with Crippen LogP contribution in [0.3, 0.4) is 0 Å². The van der Waals surface area contributed by atoms with Gasteiger partial charge in [-0.1, -0.05) is 25.7 Å². The summed E-state index contributed by atoms with van der Waals surface area (Å²) in [6.07, 6.45) is 0.613. The van der Waals surface area contributed by atoms with Gasteiger partial charge < -0.3 is 22.1 Å². The lowest BCUT2D eigenvalue weighted by Gasteiger charge is -2.14. The summed E-state index contributed by atoms with van der Waals surface area (Å²) in [4.78, 5) is 35.8. The maximum absolute atomic E-state index is 12.2. The number of rotatable bonds is 8. The van der Waals surface area contributed by atoms with Crippen molar-refractivity contribution in [3.8, 4) is 11.8 Å². The Kier molecular flexibility index (Phi) is 9.57. The lowest BCUT2D eigenvalue weighted by atomic mass is 10.0. The molecular weight excluding hydrogens is 422 g/mol. The van der Waals surface area contributed by atoms with Crippen LogP contribution in [0.1, 0.15) is 41.8 Å². The fraction of sp³-hybridized carbons (Fsp3) is 0.292. The van der Waals surface area contributed by atoms with Crippen LogP contribution in [0, 0.1) is 17.8 Å². The van der Waals surface area contributed by atoms with E-state index in [9.17, 15) is 14.4 Å². The van der Waals surface area contributed by atoms with Crippen LogP contribution in [-0.4, -0.2) is 41.6 Å². The molecular formula is C24H29N5O4. The number of anilines is 1. The summed E-state index contributed by atoms with van der Waals surface area (Å²) in [7, 11) is 0. The smallest absolute Gasteiger partial charge is 0.267 e. The second-order valence-corrected chi connectivity index (χ2v) is 7.87. The fourth-order valence-corrected chi connectivity index (χ4v) is 2.89. The Balaban J connectivity index is 1.97. The molecule has 2 rings (SSSR count). The van der Waals surface area contributed by atoms with Crippen molar-refractivity contribution in [3.05, 3.63) is 65.2 Å². The molecule has 174 valence electrons. The van der Waals surface area contributed by atoms with Gasteiger partial charge in [-0.3, -0.25) is 19.6 Å². The van der Waals surface area contributed by atoms with Crippen molar-refractivity contribution < 1.29 is 19.6 Å². The Morgan fingerprint density at radius 2 is 1.48 bits per heavy atom. The van der Waals surface area contributed by atoms with Gasteiger partial charge in [0.05, 0.1) is 6.04 Å². The van der Waals surface area contributed by atoms with E-state index in [0.29, 0.717) is 29.2 Å². The van der Waals surface area contributed by atoms with Crippen molar-refractivity contribution in [1.82, 2.24) is 10.8 Å². The van der Waals surface area contributed by atoms with Gasteiger partial charge in [-0.15, -0.1) is 0 Å². The summed E-state index contributed by atoms with van der Waals surface area (Å²) in [6.45, 7) is 3.87. The molecule has 2 atom stereocenters. The van der Waals surface area contributed by atoms with Gasteiger partial charge in [0.2, 0.25) is 5.91 Å². The van der Waals surface area contributed by atoms with Crippen molar-refractivity contribution in [3.63, 3.8) is 0 Å². The SMILES string of the molecule is CC(C)C[C@H](N)C(=O)Nc1ccc(C#Cc2ccc(C(=O)N[C@@H](CN)C(=O)NO)cc2)cc1. The van der Waals surface area contributed by atoms with Gasteiger partial charge in [-0.2, -0.15) is 0 Å². The zero-order valence-corrected chi connectivity index (χ0v) is 18.6. The summed E-state index contributed by atoms with van der Waals surface area (Å²) in [5.41, 5.74) is 15.2. The van der Waals surface area contributed by atoms with Crippen LogP contribution in [0.15, 0.2) is 48.5 Å². The molecule has 0 saturated carbocycles. The van der Waals surface area contributed by atoms with Crippen LogP contribution in [0.5, 0.6) is 0 Å². The maximum Gasteiger partial charge on any atom is 0.267 e. The van der Waals surface area contributed by atoms with Crippen LogP contribution < -0.4 is 27.6 Å². The van der Waals surface area contributed by atoms with E-state index in [1.54, 1.807) is 48.5 Å². The highest BCUT2D eigenvalue weighted by Crippen LogP contribution is 2.11. The molecule has 0 saturated heterocycles. The van der Waals surface area contributed by atoms with Crippen molar-refractivity contribution in [2.24, 2.45) is 17.4 Å². The Labute approximate surface area is 192 Å². The van der Waals surface area contributed by atoms with E-state index in [1.165, 1.54) is 5.48 Å². The molecule has 0 aliphatic carbocycles. The molecule has 0 fully saturated rings. The summed E-state index contributed by atoms with van der Waals surface area (Å²) < 4.78 is 0. The number of hydroxylamine groups is 1. The number of hydrogen-bond donors (Lipinski definition) is 6. The summed E-state index contributed by atoms with van der Waals surface area (Å²) >= 11 is 0. The molecule has 9 nitrogen and oxygen atoms in total. The average molecular weight is 452 g/mol. The molecule has 8 N–H and O–H groups in total. The first-order valence-corrected chi connectivity index (χ1v) is 10.5. The topological polar surface area (TPSA) is 160 Å². The molecule has 0 heterocycles. The highest BCUT2D eigenvalue weighted by molar-refractivity contribution is 5.97. The molecule has 0 aliphatic heterocycles. The third-order valence-corrected chi connectivity index (χ3v) is 4.68. The van der Waals surface area contributed by atoms with E-state index >= 15 is 0 Å². The summed E-state index contributed by atoms with van der Waals surface area (Å²) in [5.74, 6) is 4.84. The van der Waals surface area contributed by atoms with Crippen LogP contribution in [0.2, 0.25) is 0 Å². The quantitative estimate of drug-likeness (QED) is 0.199. The molecule has 0 radical (unpaired) electrons. The van der Waals surface area contributed by atoms with Gasteiger partial charge in [-0.25, -0.2) is 5.48 Å². The van der Waals surface area contributed by atoms with Crippen LogP contribution in [-0.2, 0) is 9.59 Å². The molecule has 2 aromatic rings. The molecule has 0 bridgehead atoms. The highest BCUT2D eigenvalue weighted by Gasteiger charge is 2.19. The number of nitrogens with two attached hydrogens (primary N) is 2. The standard InChI is InChI=1S/C24H29N5O4/c1-15(2)13-20(26)23(31)27-19-11-7-17(8-12-19)4-3-16-5-9-18(10-6-16)22(30)28-21(14-25)24(32)29-33/h5-12,15,20-21,33H,13-14,25-26H2,1-2H3,(H,27,31)(H,28,30)(H,29,32)/t20-,21-/m0/s1. The third-order valence-electron chi connectivity index (χ3n) is 4.68. The molecule has 0 aliphatic rings. The minimum atomic E-state index is -1.04. The molecule has 0 unspecified atom stereocenters. The Morgan fingerprint density at radius 3 is 1.97 bits per heavy atom. The van der Waals surface area contributed by atoms with Gasteiger partial charge in [0.15, 0.2) is 0 Å². The number of benzene rings is 2. The van der Waals surface area contributed by atoms with Gasteiger partial charge in [0.1, 0.15) is 6.04 Å². The lowest BCUT2D eigenvalue weighted by molar-refractivity contribution is -0.130. The maximum atomic E-state index is 12.2. The van der Waals surface area contributed by atoms with Crippen molar-refractivity contribution >= 4 is 23.4 Å². The average Bonchev–Trinajstić information content (AvgIpc) is 2.81. The predicted octanol–water partition coefficient (Wildman–Crippen LogP) is 0.961. The largest absolute Gasteiger partial charge is 0.339 e. The summed E-state index contributed by atoms with van der Waals surface area (Å²) in [5, 5.41) is 13.9.